The van der Waals surface area contributed by atoms with Gasteiger partial charge >= 0.3 is 5.97 Å². The molecule has 0 fully saturated rings. The van der Waals surface area contributed by atoms with E-state index < -0.39 is 17.8 Å². The summed E-state index contributed by atoms with van der Waals surface area (Å²) in [6, 6.07) is 9.03. The predicted octanol–water partition coefficient (Wildman–Crippen LogP) is 2.18. The van der Waals surface area contributed by atoms with E-state index in [1.54, 1.807) is 13.2 Å². The summed E-state index contributed by atoms with van der Waals surface area (Å²) in [6.45, 7) is -0.0293. The number of nitrogens with zero attached hydrogens (tertiary/aromatic N) is 2. The van der Waals surface area contributed by atoms with Crippen molar-refractivity contribution in [3.63, 3.8) is 0 Å². The van der Waals surface area contributed by atoms with Gasteiger partial charge in [0.15, 0.2) is 5.76 Å². The Morgan fingerprint density at radius 3 is 2.96 bits per heavy atom. The van der Waals surface area contributed by atoms with E-state index >= 15 is 0 Å². The van der Waals surface area contributed by atoms with Gasteiger partial charge in [-0.3, -0.25) is 9.59 Å². The van der Waals surface area contributed by atoms with Gasteiger partial charge in [-0.1, -0.05) is 23.4 Å². The van der Waals surface area contributed by atoms with Gasteiger partial charge in [0, 0.05) is 23.9 Å². The molecule has 0 saturated carbocycles. The number of methoxy groups -OCH3 is 1. The fourth-order valence-electron chi connectivity index (χ4n) is 2.11. The van der Waals surface area contributed by atoms with Crippen LogP contribution in [-0.4, -0.2) is 30.4 Å². The Hall–Kier alpha value is -3.22. The molecule has 1 aliphatic heterocycles. The van der Waals surface area contributed by atoms with Gasteiger partial charge in [-0.15, -0.1) is 0 Å². The lowest BCUT2D eigenvalue weighted by Gasteiger charge is -2.08. The predicted molar refractivity (Wildman–Crippen MR) is 84.4 cm³/mol. The van der Waals surface area contributed by atoms with Crippen LogP contribution in [0, 0.1) is 5.92 Å². The number of rotatable bonds is 5. The van der Waals surface area contributed by atoms with Gasteiger partial charge in [-0.2, -0.15) is 0 Å². The summed E-state index contributed by atoms with van der Waals surface area (Å²) in [5, 5.41) is 3.88. The van der Waals surface area contributed by atoms with Crippen molar-refractivity contribution in [3.8, 4) is 17.1 Å². The summed E-state index contributed by atoms with van der Waals surface area (Å²) in [5.74, 6) is -0.307. The van der Waals surface area contributed by atoms with E-state index in [0.717, 1.165) is 5.56 Å². The van der Waals surface area contributed by atoms with Crippen molar-refractivity contribution in [1.82, 2.24) is 5.16 Å². The molecule has 122 valence electrons. The van der Waals surface area contributed by atoms with E-state index in [0.29, 0.717) is 17.2 Å². The third-order valence-electron chi connectivity index (χ3n) is 3.36. The fraction of sp³-hybridized carbons (Fsp3) is 0.176. The molecule has 2 aromatic rings. The molecule has 1 aliphatic rings. The summed E-state index contributed by atoms with van der Waals surface area (Å²) in [5.41, 5.74) is 1.29. The molecule has 1 aromatic heterocycles. The number of dihydropyridines is 1. The van der Waals surface area contributed by atoms with Crippen molar-refractivity contribution in [2.45, 2.75) is 6.61 Å². The molecule has 24 heavy (non-hydrogen) atoms. The molecule has 1 amide bonds. The maximum atomic E-state index is 11.9. The van der Waals surface area contributed by atoms with Gasteiger partial charge in [-0.05, 0) is 12.1 Å². The van der Waals surface area contributed by atoms with Crippen LogP contribution in [0.25, 0.3) is 11.3 Å². The molecule has 1 unspecified atom stereocenters. The average molecular weight is 326 g/mol. The lowest BCUT2D eigenvalue weighted by atomic mass is 10.1. The van der Waals surface area contributed by atoms with Gasteiger partial charge in [0.25, 0.3) is 5.91 Å². The Morgan fingerprint density at radius 1 is 1.33 bits per heavy atom. The maximum Gasteiger partial charge on any atom is 0.318 e. The van der Waals surface area contributed by atoms with Crippen molar-refractivity contribution in [2.75, 3.05) is 7.11 Å². The highest BCUT2D eigenvalue weighted by molar-refractivity contribution is 6.03. The van der Waals surface area contributed by atoms with E-state index in [9.17, 15) is 9.59 Å². The van der Waals surface area contributed by atoms with Gasteiger partial charge < -0.3 is 14.0 Å². The van der Waals surface area contributed by atoms with E-state index in [1.807, 2.05) is 24.3 Å². The van der Waals surface area contributed by atoms with E-state index in [-0.39, 0.29) is 6.61 Å². The fourth-order valence-corrected chi connectivity index (χ4v) is 2.11. The Bertz CT molecular complexity index is 806. The third kappa shape index (κ3) is 3.57. The van der Waals surface area contributed by atoms with Crippen molar-refractivity contribution in [1.29, 1.82) is 0 Å². The molecule has 0 radical (unpaired) electrons. The maximum absolute atomic E-state index is 11.9. The summed E-state index contributed by atoms with van der Waals surface area (Å²) < 4.78 is 15.6. The summed E-state index contributed by atoms with van der Waals surface area (Å²) in [4.78, 5) is 26.4. The van der Waals surface area contributed by atoms with Crippen LogP contribution in [0.4, 0.5) is 0 Å². The minimum absolute atomic E-state index is 0.0293. The second-order valence-corrected chi connectivity index (χ2v) is 5.02. The molecular weight excluding hydrogens is 312 g/mol. The van der Waals surface area contributed by atoms with Crippen LogP contribution in [-0.2, 0) is 20.9 Å². The number of aromatic nitrogens is 1. The molecule has 1 aromatic carbocycles. The SMILES string of the molecule is COc1cccc(-c2cc(COC(=O)C3C=CC(=O)N=C3)no2)c1. The monoisotopic (exact) mass is 326 g/mol. The summed E-state index contributed by atoms with van der Waals surface area (Å²) >= 11 is 0. The summed E-state index contributed by atoms with van der Waals surface area (Å²) in [7, 11) is 1.58. The lowest BCUT2D eigenvalue weighted by molar-refractivity contribution is -0.146. The van der Waals surface area contributed by atoms with Crippen LogP contribution in [0.2, 0.25) is 0 Å². The quantitative estimate of drug-likeness (QED) is 0.782. The number of ether oxygens (including phenoxy) is 2. The van der Waals surface area contributed by atoms with Crippen molar-refractivity contribution in [2.24, 2.45) is 10.9 Å². The number of esters is 1. The zero-order valence-corrected chi connectivity index (χ0v) is 12.8. The minimum atomic E-state index is -0.660. The number of carbonyl (C=O) groups is 2. The molecule has 7 nitrogen and oxygen atoms in total. The first kappa shape index (κ1) is 15.7. The first-order valence-corrected chi connectivity index (χ1v) is 7.19. The van der Waals surface area contributed by atoms with Crippen molar-refractivity contribution >= 4 is 18.1 Å². The lowest BCUT2D eigenvalue weighted by Crippen LogP contribution is -2.19. The molecule has 1 atom stereocenters. The highest BCUT2D eigenvalue weighted by Gasteiger charge is 2.19. The van der Waals surface area contributed by atoms with E-state index in [4.69, 9.17) is 14.0 Å². The van der Waals surface area contributed by atoms with Gasteiger partial charge in [0.2, 0.25) is 0 Å². The first-order valence-electron chi connectivity index (χ1n) is 7.19. The minimum Gasteiger partial charge on any atom is -0.497 e. The number of hydrogen-bond acceptors (Lipinski definition) is 6. The molecule has 0 N–H and O–H groups in total. The first-order chi connectivity index (χ1) is 11.7. The van der Waals surface area contributed by atoms with E-state index in [2.05, 4.69) is 10.1 Å². The normalized spacial score (nSPS) is 16.2. The number of hydrogen-bond donors (Lipinski definition) is 0. The molecule has 0 bridgehead atoms. The Balaban J connectivity index is 1.62. The highest BCUT2D eigenvalue weighted by atomic mass is 16.5. The molecular formula is C17H14N2O5. The van der Waals surface area contributed by atoms with Gasteiger partial charge in [0.05, 0.1) is 7.11 Å². The van der Waals surface area contributed by atoms with Crippen LogP contribution in [0.3, 0.4) is 0 Å². The summed E-state index contributed by atoms with van der Waals surface area (Å²) in [6.07, 6.45) is 3.94. The molecule has 0 saturated heterocycles. The highest BCUT2D eigenvalue weighted by Crippen LogP contribution is 2.24. The van der Waals surface area contributed by atoms with Crippen LogP contribution >= 0.6 is 0 Å². The van der Waals surface area contributed by atoms with E-state index in [1.165, 1.54) is 18.4 Å². The largest absolute Gasteiger partial charge is 0.497 e. The smallest absolute Gasteiger partial charge is 0.318 e. The van der Waals surface area contributed by atoms with Crippen molar-refractivity contribution < 1.29 is 23.6 Å². The Morgan fingerprint density at radius 2 is 2.21 bits per heavy atom. The average Bonchev–Trinajstić information content (AvgIpc) is 3.09. The second-order valence-electron chi connectivity index (χ2n) is 5.02. The molecule has 2 heterocycles. The molecule has 7 heteroatoms. The number of carbonyl (C=O) groups excluding carboxylic acids is 2. The number of benzene rings is 1. The Labute approximate surface area is 137 Å². The molecule has 3 rings (SSSR count). The molecule has 0 aliphatic carbocycles. The zero-order valence-electron chi connectivity index (χ0n) is 12.8. The van der Waals surface area contributed by atoms with Crippen LogP contribution in [0.1, 0.15) is 5.69 Å². The molecule has 0 spiro atoms. The topological polar surface area (TPSA) is 91.0 Å². The second kappa shape index (κ2) is 6.91. The van der Waals surface area contributed by atoms with Crippen molar-refractivity contribution in [3.05, 3.63) is 48.2 Å². The van der Waals surface area contributed by atoms with Gasteiger partial charge in [0.1, 0.15) is 24.0 Å². The number of aliphatic imine (C=N–C) groups is 1. The van der Waals surface area contributed by atoms with Crippen LogP contribution < -0.4 is 4.74 Å². The third-order valence-corrected chi connectivity index (χ3v) is 3.36. The van der Waals surface area contributed by atoms with Crippen LogP contribution in [0.5, 0.6) is 5.75 Å². The van der Waals surface area contributed by atoms with Crippen LogP contribution in [0.15, 0.2) is 52.0 Å². The Kier molecular flexibility index (Phi) is 4.51. The number of amides is 1. The standard InChI is InChI=1S/C17H14N2O5/c1-22-14-4-2-3-11(7-14)15-8-13(19-24-15)10-23-17(21)12-5-6-16(20)18-9-12/h2-9,12H,10H2,1H3. The van der Waals surface area contributed by atoms with Gasteiger partial charge in [-0.25, -0.2) is 4.99 Å². The zero-order chi connectivity index (χ0) is 16.9.